The third kappa shape index (κ3) is 4.07. The molecule has 6 nitrogen and oxygen atoms in total. The largest absolute Gasteiger partial charge is 0.476 e. The molecule has 1 aromatic rings. The maximum atomic E-state index is 8.80. The molecular weight excluding hydrogens is 220 g/mol. The van der Waals surface area contributed by atoms with E-state index in [0.29, 0.717) is 36.5 Å². The Morgan fingerprint density at radius 1 is 1.53 bits per heavy atom. The summed E-state index contributed by atoms with van der Waals surface area (Å²) in [5.41, 5.74) is 6.29. The summed E-state index contributed by atoms with van der Waals surface area (Å²) in [6, 6.07) is 0. The maximum absolute atomic E-state index is 8.80. The van der Waals surface area contributed by atoms with Crippen LogP contribution in [0.1, 0.15) is 20.3 Å². The van der Waals surface area contributed by atoms with Crippen molar-refractivity contribution in [2.24, 2.45) is 5.92 Å². The predicted octanol–water partition coefficient (Wildman–Crippen LogP) is 0.888. The zero-order chi connectivity index (χ0) is 12.7. The van der Waals surface area contributed by atoms with Crippen LogP contribution in [0.2, 0.25) is 0 Å². The summed E-state index contributed by atoms with van der Waals surface area (Å²) in [6.07, 6.45) is 2.16. The number of nitrogens with two attached hydrogens (primary N) is 1. The molecule has 6 heteroatoms. The lowest BCUT2D eigenvalue weighted by Gasteiger charge is -2.14. The Morgan fingerprint density at radius 3 is 2.94 bits per heavy atom. The average Bonchev–Trinajstić information content (AvgIpc) is 2.31. The molecule has 1 heterocycles. The lowest BCUT2D eigenvalue weighted by molar-refractivity contribution is 0.266. The molecule has 0 radical (unpaired) electrons. The van der Waals surface area contributed by atoms with Gasteiger partial charge in [-0.3, -0.25) is 0 Å². The van der Waals surface area contributed by atoms with Crippen LogP contribution in [0.3, 0.4) is 0 Å². The monoisotopic (exact) mass is 240 g/mol. The van der Waals surface area contributed by atoms with Gasteiger partial charge in [-0.25, -0.2) is 4.98 Å². The first-order valence-electron chi connectivity index (χ1n) is 5.77. The number of aliphatic hydroxyl groups is 1. The van der Waals surface area contributed by atoms with Gasteiger partial charge in [0.25, 0.3) is 0 Å². The highest BCUT2D eigenvalue weighted by molar-refractivity contribution is 5.66. The molecule has 0 spiro atoms. The van der Waals surface area contributed by atoms with Crippen molar-refractivity contribution < 1.29 is 9.84 Å². The van der Waals surface area contributed by atoms with Crippen LogP contribution < -0.4 is 15.8 Å². The van der Waals surface area contributed by atoms with Crippen molar-refractivity contribution in [1.29, 1.82) is 0 Å². The first-order valence-corrected chi connectivity index (χ1v) is 5.77. The van der Waals surface area contributed by atoms with E-state index in [1.165, 1.54) is 6.33 Å². The molecule has 0 aromatic carbocycles. The van der Waals surface area contributed by atoms with Crippen LogP contribution in [-0.2, 0) is 0 Å². The number of rotatable bonds is 7. The van der Waals surface area contributed by atoms with E-state index < -0.39 is 0 Å². The van der Waals surface area contributed by atoms with Crippen LogP contribution in [0.25, 0.3) is 0 Å². The molecule has 1 aromatic heterocycles. The van der Waals surface area contributed by atoms with E-state index in [0.717, 1.165) is 6.42 Å². The lowest BCUT2D eigenvalue weighted by atomic mass is 10.1. The Labute approximate surface area is 101 Å². The highest BCUT2D eigenvalue weighted by Crippen LogP contribution is 2.24. The summed E-state index contributed by atoms with van der Waals surface area (Å²) in [6.45, 7) is 5.32. The second-order valence-corrected chi connectivity index (χ2v) is 3.87. The standard InChI is InChI=1S/C11H20N4O2/c1-3-17-11-9(12)10(14-7-15-11)13-6-8(2)4-5-16/h7-8,16H,3-6,12H2,1-2H3,(H,13,14,15). The molecule has 0 saturated carbocycles. The number of aliphatic hydroxyl groups excluding tert-OH is 1. The summed E-state index contributed by atoms with van der Waals surface area (Å²) in [5.74, 6) is 1.33. The van der Waals surface area contributed by atoms with Crippen LogP contribution in [0.15, 0.2) is 6.33 Å². The number of ether oxygens (including phenoxy) is 1. The Hall–Kier alpha value is -1.56. The lowest BCUT2D eigenvalue weighted by Crippen LogP contribution is -2.15. The molecule has 0 bridgehead atoms. The zero-order valence-electron chi connectivity index (χ0n) is 10.3. The molecule has 1 rings (SSSR count). The molecule has 96 valence electrons. The third-order valence-electron chi connectivity index (χ3n) is 2.37. The number of hydrogen-bond acceptors (Lipinski definition) is 6. The molecule has 0 saturated heterocycles. The molecule has 0 amide bonds. The van der Waals surface area contributed by atoms with Crippen molar-refractivity contribution in [3.05, 3.63) is 6.33 Å². The summed E-state index contributed by atoms with van der Waals surface area (Å²) < 4.78 is 5.28. The molecule has 1 atom stereocenters. The van der Waals surface area contributed by atoms with Gasteiger partial charge in [-0.1, -0.05) is 6.92 Å². The van der Waals surface area contributed by atoms with Gasteiger partial charge in [-0.05, 0) is 19.3 Å². The average molecular weight is 240 g/mol. The maximum Gasteiger partial charge on any atom is 0.242 e. The summed E-state index contributed by atoms with van der Waals surface area (Å²) in [4.78, 5) is 8.02. The Bertz CT molecular complexity index is 346. The van der Waals surface area contributed by atoms with E-state index in [4.69, 9.17) is 15.6 Å². The molecule has 1 unspecified atom stereocenters. The number of nitrogens with one attached hydrogen (secondary N) is 1. The highest BCUT2D eigenvalue weighted by atomic mass is 16.5. The van der Waals surface area contributed by atoms with Crippen LogP contribution in [0, 0.1) is 5.92 Å². The first kappa shape index (κ1) is 13.5. The molecular formula is C11H20N4O2. The van der Waals surface area contributed by atoms with Gasteiger partial charge >= 0.3 is 0 Å². The van der Waals surface area contributed by atoms with E-state index >= 15 is 0 Å². The van der Waals surface area contributed by atoms with Gasteiger partial charge in [0, 0.05) is 13.2 Å². The molecule has 0 aliphatic heterocycles. The van der Waals surface area contributed by atoms with Crippen molar-refractivity contribution in [1.82, 2.24) is 9.97 Å². The number of nitrogen functional groups attached to an aromatic ring is 1. The normalized spacial score (nSPS) is 12.2. The fourth-order valence-corrected chi connectivity index (χ4v) is 1.37. The van der Waals surface area contributed by atoms with Crippen molar-refractivity contribution in [3.63, 3.8) is 0 Å². The van der Waals surface area contributed by atoms with Crippen LogP contribution in [-0.4, -0.2) is 34.8 Å². The van der Waals surface area contributed by atoms with Crippen LogP contribution in [0.4, 0.5) is 11.5 Å². The predicted molar refractivity (Wildman–Crippen MR) is 67.0 cm³/mol. The van der Waals surface area contributed by atoms with Gasteiger partial charge in [0.15, 0.2) is 5.82 Å². The molecule has 0 aliphatic rings. The van der Waals surface area contributed by atoms with Gasteiger partial charge in [-0.2, -0.15) is 4.98 Å². The fourth-order valence-electron chi connectivity index (χ4n) is 1.37. The Morgan fingerprint density at radius 2 is 2.29 bits per heavy atom. The van der Waals surface area contributed by atoms with Crippen molar-refractivity contribution in [3.8, 4) is 5.88 Å². The van der Waals surface area contributed by atoms with Crippen molar-refractivity contribution in [2.45, 2.75) is 20.3 Å². The molecule has 0 fully saturated rings. The minimum absolute atomic E-state index is 0.187. The summed E-state index contributed by atoms with van der Waals surface area (Å²) in [5, 5.41) is 11.9. The highest BCUT2D eigenvalue weighted by Gasteiger charge is 2.09. The van der Waals surface area contributed by atoms with E-state index in [1.54, 1.807) is 0 Å². The quantitative estimate of drug-likeness (QED) is 0.655. The van der Waals surface area contributed by atoms with Gasteiger partial charge in [0.2, 0.25) is 5.88 Å². The van der Waals surface area contributed by atoms with E-state index in [9.17, 15) is 0 Å². The van der Waals surface area contributed by atoms with Gasteiger partial charge < -0.3 is 20.9 Å². The van der Waals surface area contributed by atoms with Gasteiger partial charge in [0.1, 0.15) is 12.0 Å². The number of anilines is 2. The number of hydrogen-bond donors (Lipinski definition) is 3. The minimum Gasteiger partial charge on any atom is -0.476 e. The Balaban J connectivity index is 2.61. The third-order valence-corrected chi connectivity index (χ3v) is 2.37. The summed E-state index contributed by atoms with van der Waals surface area (Å²) in [7, 11) is 0. The van der Waals surface area contributed by atoms with Gasteiger partial charge in [-0.15, -0.1) is 0 Å². The topological polar surface area (TPSA) is 93.3 Å². The number of nitrogens with zero attached hydrogens (tertiary/aromatic N) is 2. The molecule has 4 N–H and O–H groups in total. The molecule has 17 heavy (non-hydrogen) atoms. The van der Waals surface area contributed by atoms with E-state index in [-0.39, 0.29) is 6.61 Å². The van der Waals surface area contributed by atoms with Crippen molar-refractivity contribution >= 4 is 11.5 Å². The fraction of sp³-hybridized carbons (Fsp3) is 0.636. The van der Waals surface area contributed by atoms with Crippen LogP contribution >= 0.6 is 0 Å². The van der Waals surface area contributed by atoms with E-state index in [2.05, 4.69) is 15.3 Å². The second-order valence-electron chi connectivity index (χ2n) is 3.87. The first-order chi connectivity index (χ1) is 8.19. The molecule has 0 aliphatic carbocycles. The van der Waals surface area contributed by atoms with E-state index in [1.807, 2.05) is 13.8 Å². The van der Waals surface area contributed by atoms with Gasteiger partial charge in [0.05, 0.1) is 6.61 Å². The van der Waals surface area contributed by atoms with Crippen LogP contribution in [0.5, 0.6) is 5.88 Å². The smallest absolute Gasteiger partial charge is 0.242 e. The number of aromatic nitrogens is 2. The second kappa shape index (κ2) is 6.90. The zero-order valence-corrected chi connectivity index (χ0v) is 10.3. The minimum atomic E-state index is 0.187. The summed E-state index contributed by atoms with van der Waals surface area (Å²) >= 11 is 0. The Kier molecular flexibility index (Phi) is 5.48. The SMILES string of the molecule is CCOc1ncnc(NCC(C)CCO)c1N. The van der Waals surface area contributed by atoms with Crippen molar-refractivity contribution in [2.75, 3.05) is 30.8 Å².